The molecule has 2 N–H and O–H groups in total. The van der Waals surface area contributed by atoms with Crippen molar-refractivity contribution < 1.29 is 0 Å². The van der Waals surface area contributed by atoms with Crippen LogP contribution in [-0.4, -0.2) is 17.9 Å². The second-order valence-electron chi connectivity index (χ2n) is 6.00. The maximum Gasteiger partial charge on any atom is 0.152 e. The number of amidine groups is 1. The third-order valence-corrected chi connectivity index (χ3v) is 4.09. The highest BCUT2D eigenvalue weighted by Crippen LogP contribution is 2.27. The van der Waals surface area contributed by atoms with E-state index < -0.39 is 0 Å². The van der Waals surface area contributed by atoms with Crippen LogP contribution < -0.4 is 10.6 Å². The van der Waals surface area contributed by atoms with Crippen LogP contribution in [0.1, 0.15) is 18.1 Å². The minimum atomic E-state index is -0.137. The van der Waals surface area contributed by atoms with Gasteiger partial charge in [0.1, 0.15) is 6.04 Å². The summed E-state index contributed by atoms with van der Waals surface area (Å²) in [7, 11) is 0. The fourth-order valence-electron chi connectivity index (χ4n) is 2.77. The van der Waals surface area contributed by atoms with E-state index in [9.17, 15) is 0 Å². The first-order chi connectivity index (χ1) is 11.6. The lowest BCUT2D eigenvalue weighted by molar-refractivity contribution is 0.703. The SMILES string of the molecule is C=C(N)C1=NC(C#Cc2ccccc2)C(C)N1c1ccc(C)cc1. The smallest absolute Gasteiger partial charge is 0.152 e. The second-order valence-corrected chi connectivity index (χ2v) is 6.00. The Hall–Kier alpha value is -2.99. The number of hydrogen-bond acceptors (Lipinski definition) is 3. The fraction of sp³-hybridized carbons (Fsp3) is 0.190. The Bertz CT molecular complexity index is 823. The van der Waals surface area contributed by atoms with Crippen LogP contribution in [0.3, 0.4) is 0 Å². The van der Waals surface area contributed by atoms with Gasteiger partial charge in [-0.25, -0.2) is 4.99 Å². The van der Waals surface area contributed by atoms with Gasteiger partial charge in [0.15, 0.2) is 5.84 Å². The largest absolute Gasteiger partial charge is 0.396 e. The maximum absolute atomic E-state index is 5.97. The predicted molar refractivity (Wildman–Crippen MR) is 101 cm³/mol. The van der Waals surface area contributed by atoms with Crippen LogP contribution in [-0.2, 0) is 0 Å². The normalized spacial score (nSPS) is 19.4. The molecule has 0 aromatic heterocycles. The first-order valence-corrected chi connectivity index (χ1v) is 8.01. The number of aryl methyl sites for hydroxylation is 1. The number of nitrogens with two attached hydrogens (primary N) is 1. The van der Waals surface area contributed by atoms with E-state index in [0.717, 1.165) is 11.3 Å². The summed E-state index contributed by atoms with van der Waals surface area (Å²) in [6.45, 7) is 8.06. The Morgan fingerprint density at radius 3 is 2.42 bits per heavy atom. The number of anilines is 1. The van der Waals surface area contributed by atoms with E-state index in [1.807, 2.05) is 30.3 Å². The molecule has 2 unspecified atom stereocenters. The van der Waals surface area contributed by atoms with E-state index in [0.29, 0.717) is 11.5 Å². The third-order valence-electron chi connectivity index (χ3n) is 4.09. The molecule has 24 heavy (non-hydrogen) atoms. The molecule has 0 bridgehead atoms. The minimum Gasteiger partial charge on any atom is -0.396 e. The summed E-state index contributed by atoms with van der Waals surface area (Å²) in [5.74, 6) is 7.18. The number of rotatable bonds is 2. The van der Waals surface area contributed by atoms with Gasteiger partial charge < -0.3 is 10.6 Å². The second kappa shape index (κ2) is 6.64. The van der Waals surface area contributed by atoms with E-state index in [-0.39, 0.29) is 12.1 Å². The standard InChI is InChI=1S/C21H21N3/c1-15-9-12-19(13-10-15)24-17(3)20(23-21(24)16(2)22)14-11-18-7-5-4-6-8-18/h4-10,12-13,17,20H,2,22H2,1,3H3. The van der Waals surface area contributed by atoms with Crippen molar-refractivity contribution >= 4 is 11.5 Å². The van der Waals surface area contributed by atoms with Gasteiger partial charge in [-0.2, -0.15) is 0 Å². The van der Waals surface area contributed by atoms with Gasteiger partial charge in [0.25, 0.3) is 0 Å². The maximum atomic E-state index is 5.97. The molecule has 0 spiro atoms. The van der Waals surface area contributed by atoms with E-state index >= 15 is 0 Å². The molecule has 2 aromatic rings. The molecule has 3 nitrogen and oxygen atoms in total. The molecule has 0 saturated carbocycles. The van der Waals surface area contributed by atoms with Crippen molar-refractivity contribution in [2.75, 3.05) is 4.90 Å². The highest BCUT2D eigenvalue weighted by Gasteiger charge is 2.33. The van der Waals surface area contributed by atoms with Crippen LogP contribution in [0.5, 0.6) is 0 Å². The molecule has 2 aromatic carbocycles. The molecule has 0 fully saturated rings. The van der Waals surface area contributed by atoms with Crippen LogP contribution in [0.25, 0.3) is 0 Å². The Kier molecular flexibility index (Phi) is 4.39. The highest BCUT2D eigenvalue weighted by molar-refractivity contribution is 6.10. The first-order valence-electron chi connectivity index (χ1n) is 8.01. The number of hydrogen-bond donors (Lipinski definition) is 1. The molecule has 0 amide bonds. The Morgan fingerprint density at radius 2 is 1.79 bits per heavy atom. The topological polar surface area (TPSA) is 41.6 Å². The molecule has 3 heteroatoms. The average molecular weight is 315 g/mol. The summed E-state index contributed by atoms with van der Waals surface area (Å²) in [6, 6.07) is 18.2. The summed E-state index contributed by atoms with van der Waals surface area (Å²) >= 11 is 0. The van der Waals surface area contributed by atoms with Gasteiger partial charge in [0.05, 0.1) is 11.7 Å². The van der Waals surface area contributed by atoms with Crippen molar-refractivity contribution in [2.24, 2.45) is 10.7 Å². The van der Waals surface area contributed by atoms with Crippen LogP contribution in [0.4, 0.5) is 5.69 Å². The van der Waals surface area contributed by atoms with Gasteiger partial charge in [-0.1, -0.05) is 54.3 Å². The van der Waals surface area contributed by atoms with Gasteiger partial charge in [-0.15, -0.1) is 0 Å². The molecular formula is C21H21N3. The molecule has 2 atom stereocenters. The van der Waals surface area contributed by atoms with Crippen LogP contribution >= 0.6 is 0 Å². The molecule has 1 aliphatic heterocycles. The first kappa shape index (κ1) is 15.9. The van der Waals surface area contributed by atoms with Gasteiger partial charge in [0.2, 0.25) is 0 Å². The zero-order valence-electron chi connectivity index (χ0n) is 14.0. The summed E-state index contributed by atoms with van der Waals surface area (Å²) in [6.07, 6.45) is 0. The lowest BCUT2D eigenvalue weighted by atomic mass is 10.1. The van der Waals surface area contributed by atoms with Crippen LogP contribution in [0.15, 0.2) is 71.9 Å². The van der Waals surface area contributed by atoms with Gasteiger partial charge in [0, 0.05) is 11.3 Å². The monoisotopic (exact) mass is 315 g/mol. The van der Waals surface area contributed by atoms with Crippen molar-refractivity contribution in [1.29, 1.82) is 0 Å². The van der Waals surface area contributed by atoms with E-state index in [4.69, 9.17) is 10.7 Å². The number of aliphatic imine (C=N–C) groups is 1. The van der Waals surface area contributed by atoms with Crippen molar-refractivity contribution in [3.05, 3.63) is 78.0 Å². The van der Waals surface area contributed by atoms with Crippen molar-refractivity contribution in [3.8, 4) is 11.8 Å². The Morgan fingerprint density at radius 1 is 1.12 bits per heavy atom. The third kappa shape index (κ3) is 3.18. The average Bonchev–Trinajstić information content (AvgIpc) is 2.92. The fourth-order valence-corrected chi connectivity index (χ4v) is 2.77. The summed E-state index contributed by atoms with van der Waals surface area (Å²) in [5, 5.41) is 0. The van der Waals surface area contributed by atoms with Crippen molar-refractivity contribution in [1.82, 2.24) is 0 Å². The summed E-state index contributed by atoms with van der Waals surface area (Å²) < 4.78 is 0. The van der Waals surface area contributed by atoms with Crippen molar-refractivity contribution in [3.63, 3.8) is 0 Å². The zero-order valence-corrected chi connectivity index (χ0v) is 14.0. The van der Waals surface area contributed by atoms with Crippen LogP contribution in [0.2, 0.25) is 0 Å². The Balaban J connectivity index is 1.92. The van der Waals surface area contributed by atoms with E-state index in [1.54, 1.807) is 0 Å². The molecule has 0 aliphatic carbocycles. The quantitative estimate of drug-likeness (QED) is 0.862. The van der Waals surface area contributed by atoms with E-state index in [1.165, 1.54) is 5.56 Å². The lowest BCUT2D eigenvalue weighted by Gasteiger charge is -2.26. The highest BCUT2D eigenvalue weighted by atomic mass is 15.3. The molecule has 1 heterocycles. The molecule has 3 rings (SSSR count). The van der Waals surface area contributed by atoms with Crippen molar-refractivity contribution in [2.45, 2.75) is 25.9 Å². The number of nitrogens with zero attached hydrogens (tertiary/aromatic N) is 2. The Labute approximate surface area is 143 Å². The zero-order chi connectivity index (χ0) is 17.1. The molecule has 1 aliphatic rings. The van der Waals surface area contributed by atoms with Crippen LogP contribution in [0, 0.1) is 18.8 Å². The lowest BCUT2D eigenvalue weighted by Crippen LogP contribution is -2.39. The summed E-state index contributed by atoms with van der Waals surface area (Å²) in [4.78, 5) is 6.83. The molecular weight excluding hydrogens is 294 g/mol. The van der Waals surface area contributed by atoms with Gasteiger partial charge in [-0.3, -0.25) is 0 Å². The molecule has 120 valence electrons. The summed E-state index contributed by atoms with van der Waals surface area (Å²) in [5.41, 5.74) is 9.70. The van der Waals surface area contributed by atoms with Gasteiger partial charge in [-0.05, 0) is 38.1 Å². The molecule has 0 radical (unpaired) electrons. The number of benzene rings is 2. The van der Waals surface area contributed by atoms with E-state index in [2.05, 4.69) is 61.4 Å². The predicted octanol–water partition coefficient (Wildman–Crippen LogP) is 3.49. The minimum absolute atomic E-state index is 0.0965. The molecule has 0 saturated heterocycles. The van der Waals surface area contributed by atoms with Gasteiger partial charge >= 0.3 is 0 Å².